The largest absolute Gasteiger partial charge is 0.467 e. The molecular formula is C13H15NO6. The quantitative estimate of drug-likeness (QED) is 0.448. The molecule has 0 radical (unpaired) electrons. The van der Waals surface area contributed by atoms with Crippen LogP contribution in [-0.2, 0) is 30.4 Å². The van der Waals surface area contributed by atoms with Crippen LogP contribution in [0.25, 0.3) is 0 Å². The van der Waals surface area contributed by atoms with Gasteiger partial charge >= 0.3 is 12.1 Å². The fourth-order valence-corrected chi connectivity index (χ4v) is 1.35. The van der Waals surface area contributed by atoms with Gasteiger partial charge in [0.05, 0.1) is 7.11 Å². The van der Waals surface area contributed by atoms with Crippen molar-refractivity contribution < 1.29 is 28.6 Å². The smallest absolute Gasteiger partial charge is 0.408 e. The molecule has 0 heterocycles. The van der Waals surface area contributed by atoms with Crippen molar-refractivity contribution in [3.63, 3.8) is 0 Å². The van der Waals surface area contributed by atoms with Crippen molar-refractivity contribution in [2.45, 2.75) is 12.6 Å². The summed E-state index contributed by atoms with van der Waals surface area (Å²) in [6.07, 6.45) is -0.807. The molecule has 0 saturated carbocycles. The number of hydrogen-bond donors (Lipinski definition) is 1. The lowest BCUT2D eigenvalue weighted by molar-refractivity contribution is -0.145. The van der Waals surface area contributed by atoms with Crippen LogP contribution < -0.4 is 5.32 Å². The third kappa shape index (κ3) is 5.38. The number of methoxy groups -OCH3 is 1. The molecule has 0 spiro atoms. The number of alkyl carbamates (subject to hydrolysis) is 1. The third-order valence-corrected chi connectivity index (χ3v) is 2.32. The Balaban J connectivity index is 2.44. The first kappa shape index (κ1) is 15.5. The third-order valence-electron chi connectivity index (χ3n) is 2.32. The Morgan fingerprint density at radius 3 is 2.60 bits per heavy atom. The fraction of sp³-hybridized carbons (Fsp3) is 0.308. The predicted molar refractivity (Wildman–Crippen MR) is 67.6 cm³/mol. The Labute approximate surface area is 115 Å². The van der Waals surface area contributed by atoms with E-state index < -0.39 is 18.1 Å². The van der Waals surface area contributed by atoms with E-state index in [1.165, 1.54) is 0 Å². The van der Waals surface area contributed by atoms with Crippen LogP contribution in [0.3, 0.4) is 0 Å². The monoisotopic (exact) mass is 281 g/mol. The molecule has 20 heavy (non-hydrogen) atoms. The van der Waals surface area contributed by atoms with Gasteiger partial charge in [-0.1, -0.05) is 30.3 Å². The van der Waals surface area contributed by atoms with Gasteiger partial charge in [-0.3, -0.25) is 4.79 Å². The second-order valence-electron chi connectivity index (χ2n) is 3.71. The minimum atomic E-state index is -1.10. The van der Waals surface area contributed by atoms with Crippen LogP contribution in [0.4, 0.5) is 4.79 Å². The van der Waals surface area contributed by atoms with Crippen molar-refractivity contribution in [3.05, 3.63) is 35.9 Å². The maximum atomic E-state index is 11.5. The molecule has 1 rings (SSSR count). The first-order valence-corrected chi connectivity index (χ1v) is 5.77. The molecule has 0 unspecified atom stereocenters. The second kappa shape index (κ2) is 8.52. The summed E-state index contributed by atoms with van der Waals surface area (Å²) < 4.78 is 13.8. The molecule has 0 aromatic heterocycles. The van der Waals surface area contributed by atoms with E-state index in [9.17, 15) is 14.4 Å². The molecule has 0 fully saturated rings. The van der Waals surface area contributed by atoms with E-state index >= 15 is 0 Å². The molecule has 1 amide bonds. The average Bonchev–Trinajstić information content (AvgIpc) is 2.49. The van der Waals surface area contributed by atoms with Crippen molar-refractivity contribution >= 4 is 18.5 Å². The summed E-state index contributed by atoms with van der Waals surface area (Å²) >= 11 is 0. The number of esters is 1. The highest BCUT2D eigenvalue weighted by Gasteiger charge is 2.22. The molecule has 1 N–H and O–H groups in total. The molecule has 0 aliphatic heterocycles. The van der Waals surface area contributed by atoms with Crippen molar-refractivity contribution in [1.82, 2.24) is 5.32 Å². The Bertz CT molecular complexity index is 447. The van der Waals surface area contributed by atoms with Gasteiger partial charge in [0.1, 0.15) is 13.2 Å². The number of ether oxygens (including phenoxy) is 3. The van der Waals surface area contributed by atoms with Crippen LogP contribution in [0.1, 0.15) is 5.56 Å². The minimum Gasteiger partial charge on any atom is -0.467 e. The summed E-state index contributed by atoms with van der Waals surface area (Å²) in [6, 6.07) is 7.94. The number of nitrogens with one attached hydrogen (secondary N) is 1. The number of rotatable bonds is 7. The zero-order valence-corrected chi connectivity index (χ0v) is 10.9. The van der Waals surface area contributed by atoms with Gasteiger partial charge in [0.2, 0.25) is 0 Å². The summed E-state index contributed by atoms with van der Waals surface area (Å²) in [6.45, 7) is -0.0847. The van der Waals surface area contributed by atoms with Crippen molar-refractivity contribution in [1.29, 1.82) is 0 Å². The average molecular weight is 281 g/mol. The molecule has 0 aliphatic rings. The predicted octanol–water partition coefficient (Wildman–Crippen LogP) is 0.627. The summed E-state index contributed by atoms with van der Waals surface area (Å²) in [5.41, 5.74) is 0.807. The van der Waals surface area contributed by atoms with Gasteiger partial charge in [0, 0.05) is 0 Å². The van der Waals surface area contributed by atoms with E-state index in [4.69, 9.17) is 4.74 Å². The topological polar surface area (TPSA) is 90.9 Å². The first-order valence-electron chi connectivity index (χ1n) is 5.77. The van der Waals surface area contributed by atoms with Crippen LogP contribution in [0.5, 0.6) is 0 Å². The van der Waals surface area contributed by atoms with E-state index in [0.717, 1.165) is 12.7 Å². The van der Waals surface area contributed by atoms with Gasteiger partial charge < -0.3 is 19.5 Å². The molecular weight excluding hydrogens is 266 g/mol. The van der Waals surface area contributed by atoms with Gasteiger partial charge in [-0.15, -0.1) is 0 Å². The molecule has 1 aromatic carbocycles. The van der Waals surface area contributed by atoms with Crippen LogP contribution in [-0.4, -0.2) is 38.3 Å². The van der Waals surface area contributed by atoms with Crippen LogP contribution in [0.15, 0.2) is 30.3 Å². The van der Waals surface area contributed by atoms with Crippen molar-refractivity contribution in [2.24, 2.45) is 0 Å². The number of carbonyl (C=O) groups excluding carboxylic acids is 3. The number of amides is 1. The van der Waals surface area contributed by atoms with Gasteiger partial charge in [-0.25, -0.2) is 9.59 Å². The molecule has 108 valence electrons. The minimum absolute atomic E-state index is 0.0646. The fourth-order valence-electron chi connectivity index (χ4n) is 1.35. The highest BCUT2D eigenvalue weighted by molar-refractivity contribution is 5.81. The zero-order valence-electron chi connectivity index (χ0n) is 10.9. The second-order valence-corrected chi connectivity index (χ2v) is 3.71. The highest BCUT2D eigenvalue weighted by Crippen LogP contribution is 2.01. The number of hydrogen-bond acceptors (Lipinski definition) is 6. The lowest BCUT2D eigenvalue weighted by Gasteiger charge is -2.15. The molecule has 1 atom stereocenters. The Morgan fingerprint density at radius 2 is 2.00 bits per heavy atom. The number of carbonyl (C=O) groups is 3. The maximum absolute atomic E-state index is 11.5. The number of benzene rings is 1. The molecule has 7 heteroatoms. The summed E-state index contributed by atoms with van der Waals surface area (Å²) in [5, 5.41) is 2.25. The van der Waals surface area contributed by atoms with Crippen molar-refractivity contribution in [3.8, 4) is 0 Å². The van der Waals surface area contributed by atoms with Crippen LogP contribution in [0, 0.1) is 0 Å². The molecule has 0 aliphatic carbocycles. The van der Waals surface area contributed by atoms with E-state index in [0.29, 0.717) is 0 Å². The standard InChI is InChI=1S/C13H15NO6/c1-18-12(16)11(8-19-9-15)14-13(17)20-7-10-5-3-2-4-6-10/h2-6,9,11H,7-8H2,1H3,(H,14,17)/t11-/m0/s1. The molecule has 7 nitrogen and oxygen atoms in total. The Kier molecular flexibility index (Phi) is 6.60. The lowest BCUT2D eigenvalue weighted by atomic mass is 10.2. The normalized spacial score (nSPS) is 11.1. The molecule has 1 aromatic rings. The SMILES string of the molecule is COC(=O)[C@H](COC=O)NC(=O)OCc1ccccc1. The van der Waals surface area contributed by atoms with Crippen LogP contribution >= 0.6 is 0 Å². The van der Waals surface area contributed by atoms with E-state index in [1.807, 2.05) is 18.2 Å². The van der Waals surface area contributed by atoms with Gasteiger partial charge in [-0.2, -0.15) is 0 Å². The van der Waals surface area contributed by atoms with Gasteiger partial charge in [-0.05, 0) is 5.56 Å². The first-order chi connectivity index (χ1) is 9.67. The van der Waals surface area contributed by atoms with E-state index in [2.05, 4.69) is 14.8 Å². The Hall–Kier alpha value is -2.57. The Morgan fingerprint density at radius 1 is 1.30 bits per heavy atom. The van der Waals surface area contributed by atoms with Gasteiger partial charge in [0.15, 0.2) is 6.04 Å². The van der Waals surface area contributed by atoms with E-state index in [-0.39, 0.29) is 19.7 Å². The summed E-state index contributed by atoms with van der Waals surface area (Å²) in [4.78, 5) is 33.0. The van der Waals surface area contributed by atoms with Gasteiger partial charge in [0.25, 0.3) is 6.47 Å². The van der Waals surface area contributed by atoms with E-state index in [1.54, 1.807) is 12.1 Å². The summed E-state index contributed by atoms with van der Waals surface area (Å²) in [7, 11) is 1.16. The maximum Gasteiger partial charge on any atom is 0.408 e. The summed E-state index contributed by atoms with van der Waals surface area (Å²) in [5.74, 6) is -0.733. The zero-order chi connectivity index (χ0) is 14.8. The highest BCUT2D eigenvalue weighted by atomic mass is 16.6. The van der Waals surface area contributed by atoms with Crippen molar-refractivity contribution in [2.75, 3.05) is 13.7 Å². The molecule has 0 saturated heterocycles. The molecule has 0 bridgehead atoms. The van der Waals surface area contributed by atoms with Crippen LogP contribution in [0.2, 0.25) is 0 Å². The lowest BCUT2D eigenvalue weighted by Crippen LogP contribution is -2.44.